The highest BCUT2D eigenvalue weighted by Crippen LogP contribution is 2.31. The summed E-state index contributed by atoms with van der Waals surface area (Å²) in [6.45, 7) is 2.49. The Kier molecular flexibility index (Phi) is 5.08. The van der Waals surface area contributed by atoms with Crippen LogP contribution < -0.4 is 5.32 Å². The molecule has 0 unspecified atom stereocenters. The van der Waals surface area contributed by atoms with Crippen LogP contribution in [0.2, 0.25) is 0 Å². The fourth-order valence-electron chi connectivity index (χ4n) is 2.47. The zero-order valence-corrected chi connectivity index (χ0v) is 14.9. The predicted molar refractivity (Wildman–Crippen MR) is 102 cm³/mol. The van der Waals surface area contributed by atoms with Crippen LogP contribution in [0.1, 0.15) is 5.56 Å². The lowest BCUT2D eigenvalue weighted by Crippen LogP contribution is -2.30. The van der Waals surface area contributed by atoms with Crippen molar-refractivity contribution >= 4 is 33.1 Å². The largest absolute Gasteiger partial charge is 0.325 e. The van der Waals surface area contributed by atoms with Gasteiger partial charge in [-0.15, -0.1) is 11.3 Å². The number of fused-ring (bicyclic) bond motifs is 1. The van der Waals surface area contributed by atoms with Crippen molar-refractivity contribution in [3.63, 3.8) is 0 Å². The van der Waals surface area contributed by atoms with Gasteiger partial charge in [0.2, 0.25) is 5.91 Å². The quantitative estimate of drug-likeness (QED) is 0.713. The van der Waals surface area contributed by atoms with Crippen molar-refractivity contribution in [1.82, 2.24) is 9.88 Å². The van der Waals surface area contributed by atoms with Crippen LogP contribution in [0.5, 0.6) is 0 Å². The van der Waals surface area contributed by atoms with E-state index in [1.807, 2.05) is 36.4 Å². The number of carbonyl (C=O) groups is 1. The highest BCUT2D eigenvalue weighted by atomic mass is 32.1. The molecular formula is C19H18N4OS. The average Bonchev–Trinajstić information content (AvgIpc) is 2.98. The number of hydrogen-bond acceptors (Lipinski definition) is 5. The van der Waals surface area contributed by atoms with Crippen molar-refractivity contribution in [1.29, 1.82) is 5.26 Å². The number of likely N-dealkylation sites (N-methyl/N-ethyl adjacent to an activating group) is 1. The SMILES string of the molecule is Cc1ccc2nc(-c3ccc(NC(=O)CN(C)CC#N)cc3)sc2c1. The van der Waals surface area contributed by atoms with Crippen LogP contribution in [0.4, 0.5) is 5.69 Å². The number of amides is 1. The molecule has 0 saturated carbocycles. The number of thiazole rings is 1. The molecule has 3 rings (SSSR count). The molecule has 0 fully saturated rings. The lowest BCUT2D eigenvalue weighted by atomic mass is 10.2. The third-order valence-electron chi connectivity index (χ3n) is 3.71. The highest BCUT2D eigenvalue weighted by molar-refractivity contribution is 7.21. The monoisotopic (exact) mass is 350 g/mol. The standard InChI is InChI=1S/C19H18N4OS/c1-13-3-8-16-17(11-13)25-19(22-16)14-4-6-15(7-5-14)21-18(24)12-23(2)10-9-20/h3-8,11H,10,12H2,1-2H3,(H,21,24). The van der Waals surface area contributed by atoms with E-state index in [-0.39, 0.29) is 19.0 Å². The molecule has 2 aromatic carbocycles. The van der Waals surface area contributed by atoms with Gasteiger partial charge in [0.25, 0.3) is 0 Å². The maximum atomic E-state index is 11.9. The van der Waals surface area contributed by atoms with Gasteiger partial charge >= 0.3 is 0 Å². The van der Waals surface area contributed by atoms with E-state index in [0.29, 0.717) is 0 Å². The Morgan fingerprint density at radius 2 is 2.04 bits per heavy atom. The fraction of sp³-hybridized carbons (Fsp3) is 0.211. The maximum Gasteiger partial charge on any atom is 0.238 e. The third-order valence-corrected chi connectivity index (χ3v) is 4.78. The van der Waals surface area contributed by atoms with Crippen LogP contribution in [0.25, 0.3) is 20.8 Å². The average molecular weight is 350 g/mol. The fourth-order valence-corrected chi connectivity index (χ4v) is 3.54. The number of rotatable bonds is 5. The summed E-state index contributed by atoms with van der Waals surface area (Å²) in [4.78, 5) is 18.3. The van der Waals surface area contributed by atoms with E-state index in [1.54, 1.807) is 23.3 Å². The Balaban J connectivity index is 1.71. The number of nitrogens with zero attached hydrogens (tertiary/aromatic N) is 3. The minimum Gasteiger partial charge on any atom is -0.325 e. The van der Waals surface area contributed by atoms with Crippen molar-refractivity contribution in [2.24, 2.45) is 0 Å². The normalized spacial score (nSPS) is 10.8. The van der Waals surface area contributed by atoms with Crippen molar-refractivity contribution in [3.8, 4) is 16.6 Å². The molecule has 0 aliphatic carbocycles. The highest BCUT2D eigenvalue weighted by Gasteiger charge is 2.09. The van der Waals surface area contributed by atoms with Gasteiger partial charge in [0, 0.05) is 11.3 Å². The molecule has 1 amide bonds. The molecule has 0 aliphatic heterocycles. The van der Waals surface area contributed by atoms with Gasteiger partial charge in [-0.3, -0.25) is 9.69 Å². The molecule has 25 heavy (non-hydrogen) atoms. The summed E-state index contributed by atoms with van der Waals surface area (Å²) in [7, 11) is 1.74. The molecule has 0 radical (unpaired) electrons. The molecule has 1 heterocycles. The third kappa shape index (κ3) is 4.21. The summed E-state index contributed by atoms with van der Waals surface area (Å²) in [5, 5.41) is 12.4. The molecule has 0 spiro atoms. The molecular weight excluding hydrogens is 332 g/mol. The van der Waals surface area contributed by atoms with Gasteiger partial charge in [0.15, 0.2) is 0 Å². The smallest absolute Gasteiger partial charge is 0.238 e. The first-order chi connectivity index (χ1) is 12.0. The Labute approximate surface area is 150 Å². The summed E-state index contributed by atoms with van der Waals surface area (Å²) in [5.74, 6) is -0.138. The van der Waals surface area contributed by atoms with Crippen LogP contribution in [-0.2, 0) is 4.79 Å². The maximum absolute atomic E-state index is 11.9. The Bertz CT molecular complexity index is 940. The predicted octanol–water partition coefficient (Wildman–Crippen LogP) is 3.67. The van der Waals surface area contributed by atoms with E-state index in [4.69, 9.17) is 5.26 Å². The van der Waals surface area contributed by atoms with Crippen LogP contribution in [0.15, 0.2) is 42.5 Å². The number of aromatic nitrogens is 1. The van der Waals surface area contributed by atoms with Gasteiger partial charge in [-0.2, -0.15) is 5.26 Å². The van der Waals surface area contributed by atoms with Crippen LogP contribution in [0.3, 0.4) is 0 Å². The topological polar surface area (TPSA) is 69.0 Å². The number of anilines is 1. The number of hydrogen-bond donors (Lipinski definition) is 1. The van der Waals surface area contributed by atoms with Gasteiger partial charge in [-0.1, -0.05) is 6.07 Å². The molecule has 3 aromatic rings. The molecule has 5 nitrogen and oxygen atoms in total. The second kappa shape index (κ2) is 7.43. The minimum absolute atomic E-state index is 0.138. The Morgan fingerprint density at radius 3 is 2.76 bits per heavy atom. The Hall–Kier alpha value is -2.75. The summed E-state index contributed by atoms with van der Waals surface area (Å²) in [5.41, 5.74) is 3.99. The van der Waals surface area contributed by atoms with Gasteiger partial charge < -0.3 is 5.32 Å². The first-order valence-corrected chi connectivity index (χ1v) is 8.70. The molecule has 6 heteroatoms. The summed E-state index contributed by atoms with van der Waals surface area (Å²) in [6.07, 6.45) is 0. The van der Waals surface area contributed by atoms with E-state index in [0.717, 1.165) is 21.8 Å². The van der Waals surface area contributed by atoms with E-state index in [9.17, 15) is 4.79 Å². The lowest BCUT2D eigenvalue weighted by molar-refractivity contribution is -0.116. The first kappa shape index (κ1) is 17.1. The molecule has 126 valence electrons. The van der Waals surface area contributed by atoms with E-state index in [2.05, 4.69) is 29.4 Å². The van der Waals surface area contributed by atoms with Crippen LogP contribution in [-0.4, -0.2) is 35.9 Å². The molecule has 0 aliphatic rings. The number of carbonyl (C=O) groups excluding carboxylic acids is 1. The van der Waals surface area contributed by atoms with E-state index in [1.165, 1.54) is 10.3 Å². The summed E-state index contributed by atoms with van der Waals surface area (Å²) >= 11 is 1.66. The number of benzene rings is 2. The summed E-state index contributed by atoms with van der Waals surface area (Å²) in [6, 6.07) is 15.9. The van der Waals surface area contributed by atoms with Crippen LogP contribution in [0, 0.1) is 18.3 Å². The van der Waals surface area contributed by atoms with Crippen molar-refractivity contribution in [2.75, 3.05) is 25.5 Å². The molecule has 0 bridgehead atoms. The summed E-state index contributed by atoms with van der Waals surface area (Å²) < 4.78 is 1.17. The first-order valence-electron chi connectivity index (χ1n) is 7.88. The second-order valence-electron chi connectivity index (χ2n) is 5.95. The minimum atomic E-state index is -0.138. The van der Waals surface area contributed by atoms with Gasteiger partial charge in [0.05, 0.1) is 29.4 Å². The van der Waals surface area contributed by atoms with Crippen LogP contribution >= 0.6 is 11.3 Å². The van der Waals surface area contributed by atoms with Crippen molar-refractivity contribution in [3.05, 3.63) is 48.0 Å². The molecule has 1 N–H and O–H groups in total. The number of nitriles is 1. The zero-order valence-electron chi connectivity index (χ0n) is 14.1. The van der Waals surface area contributed by atoms with E-state index >= 15 is 0 Å². The molecule has 0 atom stereocenters. The number of aryl methyl sites for hydroxylation is 1. The van der Waals surface area contributed by atoms with Gasteiger partial charge in [-0.25, -0.2) is 4.98 Å². The van der Waals surface area contributed by atoms with Crippen molar-refractivity contribution < 1.29 is 4.79 Å². The number of nitrogens with one attached hydrogen (secondary N) is 1. The van der Waals surface area contributed by atoms with Crippen molar-refractivity contribution in [2.45, 2.75) is 6.92 Å². The van der Waals surface area contributed by atoms with Gasteiger partial charge in [-0.05, 0) is 55.9 Å². The lowest BCUT2D eigenvalue weighted by Gasteiger charge is -2.12. The molecule has 1 aromatic heterocycles. The second-order valence-corrected chi connectivity index (χ2v) is 6.98. The Morgan fingerprint density at radius 1 is 1.28 bits per heavy atom. The van der Waals surface area contributed by atoms with Gasteiger partial charge in [0.1, 0.15) is 5.01 Å². The van der Waals surface area contributed by atoms with E-state index < -0.39 is 0 Å². The molecule has 0 saturated heterocycles. The zero-order chi connectivity index (χ0) is 17.8.